The molecule has 7 aromatic rings. The summed E-state index contributed by atoms with van der Waals surface area (Å²) in [5, 5.41) is 5.07. The smallest absolute Gasteiger partial charge is 0.172 e. The number of benzene rings is 7. The molecule has 0 spiro atoms. The lowest BCUT2D eigenvalue weighted by Crippen LogP contribution is -2.32. The van der Waals surface area contributed by atoms with Crippen LogP contribution in [0, 0.1) is 6.92 Å². The van der Waals surface area contributed by atoms with Gasteiger partial charge in [-0.05, 0) is 52.6 Å². The van der Waals surface area contributed by atoms with Crippen molar-refractivity contribution in [3.8, 4) is 28.0 Å². The molecule has 46 heavy (non-hydrogen) atoms. The Kier molecular flexibility index (Phi) is 7.14. The first-order valence-corrected chi connectivity index (χ1v) is 17.5. The van der Waals surface area contributed by atoms with E-state index in [1.807, 2.05) is 103 Å². The van der Waals surface area contributed by atoms with Crippen LogP contribution in [0.4, 0.5) is 0 Å². The average molecular weight is 633 g/mol. The van der Waals surface area contributed by atoms with Crippen molar-refractivity contribution < 1.29 is 9.30 Å². The van der Waals surface area contributed by atoms with E-state index in [4.69, 9.17) is 16.3 Å². The second kappa shape index (κ2) is 11.5. The quantitative estimate of drug-likeness (QED) is 0.177. The number of hydrogen-bond acceptors (Lipinski definition) is 2. The summed E-state index contributed by atoms with van der Waals surface area (Å²) in [5.74, 6) is 0.797. The van der Waals surface area contributed by atoms with Gasteiger partial charge in [0.15, 0.2) is 13.2 Å². The van der Waals surface area contributed by atoms with Gasteiger partial charge in [-0.15, -0.1) is 0 Å². The van der Waals surface area contributed by atoms with Crippen LogP contribution in [-0.2, 0) is 4.57 Å². The van der Waals surface area contributed by atoms with E-state index in [1.165, 1.54) is 0 Å². The van der Waals surface area contributed by atoms with Gasteiger partial charge in [0.1, 0.15) is 5.75 Å². The van der Waals surface area contributed by atoms with E-state index >= 15 is 4.57 Å². The minimum atomic E-state index is -3.49. The van der Waals surface area contributed by atoms with Crippen LogP contribution in [0.5, 0.6) is 5.75 Å². The zero-order valence-electron chi connectivity index (χ0n) is 25.2. The van der Waals surface area contributed by atoms with Crippen molar-refractivity contribution in [1.82, 2.24) is 0 Å². The maximum absolute atomic E-state index is 16.5. The predicted molar refractivity (Wildman–Crippen MR) is 193 cm³/mol. The molecule has 0 fully saturated rings. The van der Waals surface area contributed by atoms with Crippen LogP contribution in [0.2, 0.25) is 5.02 Å². The topological polar surface area (TPSA) is 26.3 Å². The van der Waals surface area contributed by atoms with Crippen molar-refractivity contribution in [2.24, 2.45) is 0 Å². The molecule has 0 saturated carbocycles. The molecule has 1 aliphatic rings. The molecule has 0 bridgehead atoms. The zero-order chi connectivity index (χ0) is 31.3. The normalized spacial score (nSPS) is 13.9. The highest BCUT2D eigenvalue weighted by atomic mass is 35.5. The van der Waals surface area contributed by atoms with Gasteiger partial charge in [-0.3, -0.25) is 0 Å². The maximum atomic E-state index is 16.5. The van der Waals surface area contributed by atoms with E-state index in [2.05, 4.69) is 61.5 Å². The summed E-state index contributed by atoms with van der Waals surface area (Å²) in [5.41, 5.74) is 7.20. The van der Waals surface area contributed by atoms with Crippen molar-refractivity contribution in [3.05, 3.63) is 179 Å². The minimum Gasteiger partial charge on any atom is -0.480 e. The zero-order valence-corrected chi connectivity index (χ0v) is 26.9. The molecule has 1 aliphatic heterocycles. The highest BCUT2D eigenvalue weighted by molar-refractivity contribution is 7.85. The largest absolute Gasteiger partial charge is 0.480 e. The van der Waals surface area contributed by atoms with Gasteiger partial charge >= 0.3 is 0 Å². The molecule has 1 unspecified atom stereocenters. The van der Waals surface area contributed by atoms with Crippen molar-refractivity contribution in [2.75, 3.05) is 0 Å². The second-order valence-electron chi connectivity index (χ2n) is 11.8. The van der Waals surface area contributed by atoms with Gasteiger partial charge in [-0.1, -0.05) is 157 Å². The summed E-state index contributed by atoms with van der Waals surface area (Å²) in [6.07, 6.45) is -0.501. The van der Waals surface area contributed by atoms with Gasteiger partial charge in [0, 0.05) is 37.6 Å². The number of aryl methyl sites for hydroxylation is 1. The summed E-state index contributed by atoms with van der Waals surface area (Å²) >= 11 is 6.43. The summed E-state index contributed by atoms with van der Waals surface area (Å²) in [7, 11) is -3.49. The Morgan fingerprint density at radius 3 is 1.85 bits per heavy atom. The van der Waals surface area contributed by atoms with Gasteiger partial charge < -0.3 is 9.30 Å². The molecule has 0 aliphatic carbocycles. The minimum absolute atomic E-state index is 0.501. The molecule has 1 heterocycles. The average Bonchev–Trinajstić information content (AvgIpc) is 3.11. The molecular weight excluding hydrogens is 603 g/mol. The molecule has 0 amide bonds. The third-order valence-electron chi connectivity index (χ3n) is 8.93. The van der Waals surface area contributed by atoms with Gasteiger partial charge in [0.2, 0.25) is 0 Å². The molecule has 0 N–H and O–H groups in total. The van der Waals surface area contributed by atoms with Crippen molar-refractivity contribution in [1.29, 1.82) is 0 Å². The van der Waals surface area contributed by atoms with Gasteiger partial charge in [0.05, 0.1) is 0 Å². The summed E-state index contributed by atoms with van der Waals surface area (Å²) in [6.45, 7) is 2.11. The van der Waals surface area contributed by atoms with Crippen LogP contribution >= 0.6 is 18.7 Å². The fourth-order valence-corrected chi connectivity index (χ4v) is 10.1. The van der Waals surface area contributed by atoms with Crippen molar-refractivity contribution >= 4 is 45.4 Å². The van der Waals surface area contributed by atoms with Crippen LogP contribution in [0.1, 0.15) is 22.8 Å². The molecule has 8 rings (SSSR count). The SMILES string of the molecule is Cc1ccc2c(P(=O)(c3ccccc3)c3ccccc3)c3c(c(-c4ccc(Cl)cc4)c2c1)-c1ccccc1OC3c1ccccc1. The van der Waals surface area contributed by atoms with E-state index in [0.717, 1.165) is 71.4 Å². The Morgan fingerprint density at radius 1 is 0.609 bits per heavy atom. The third kappa shape index (κ3) is 4.60. The van der Waals surface area contributed by atoms with E-state index < -0.39 is 13.2 Å². The number of halogens is 1. The fraction of sp³-hybridized carbons (Fsp3) is 0.0476. The Balaban J connectivity index is 1.65. The number of rotatable bonds is 5. The lowest BCUT2D eigenvalue weighted by Gasteiger charge is -2.36. The molecule has 1 atom stereocenters. The van der Waals surface area contributed by atoms with Gasteiger partial charge in [-0.2, -0.15) is 0 Å². The fourth-order valence-electron chi connectivity index (χ4n) is 6.90. The van der Waals surface area contributed by atoms with Crippen LogP contribution < -0.4 is 20.7 Å². The Bertz CT molecular complexity index is 2220. The van der Waals surface area contributed by atoms with E-state index in [1.54, 1.807) is 0 Å². The van der Waals surface area contributed by atoms with Gasteiger partial charge in [0.25, 0.3) is 0 Å². The summed E-state index contributed by atoms with van der Waals surface area (Å²) in [4.78, 5) is 0. The number of ether oxygens (including phenoxy) is 1. The van der Waals surface area contributed by atoms with E-state index in [-0.39, 0.29) is 0 Å². The predicted octanol–water partition coefficient (Wildman–Crippen LogP) is 10.3. The number of fused-ring (bicyclic) bond motifs is 4. The molecule has 2 nitrogen and oxygen atoms in total. The monoisotopic (exact) mass is 632 g/mol. The molecule has 0 aromatic heterocycles. The highest BCUT2D eigenvalue weighted by Gasteiger charge is 2.41. The maximum Gasteiger partial charge on any atom is 0.172 e. The molecule has 4 heteroatoms. The van der Waals surface area contributed by atoms with Crippen molar-refractivity contribution in [2.45, 2.75) is 13.0 Å². The lowest BCUT2D eigenvalue weighted by molar-refractivity contribution is 0.245. The third-order valence-corrected chi connectivity index (χ3v) is 12.3. The first-order valence-electron chi connectivity index (χ1n) is 15.4. The van der Waals surface area contributed by atoms with Crippen LogP contribution in [-0.4, -0.2) is 0 Å². The first kappa shape index (κ1) is 28.6. The lowest BCUT2D eigenvalue weighted by atomic mass is 9.81. The van der Waals surface area contributed by atoms with Crippen molar-refractivity contribution in [3.63, 3.8) is 0 Å². The Morgan fingerprint density at radius 2 is 1.20 bits per heavy atom. The molecule has 7 aromatic carbocycles. The second-order valence-corrected chi connectivity index (χ2v) is 14.9. The molecule has 0 radical (unpaired) electrons. The van der Waals surface area contributed by atoms with E-state index in [9.17, 15) is 0 Å². The number of para-hydroxylation sites is 1. The summed E-state index contributed by atoms with van der Waals surface area (Å²) in [6, 6.07) is 53.0. The van der Waals surface area contributed by atoms with Crippen LogP contribution in [0.3, 0.4) is 0 Å². The van der Waals surface area contributed by atoms with Crippen LogP contribution in [0.15, 0.2) is 158 Å². The van der Waals surface area contributed by atoms with Crippen LogP contribution in [0.25, 0.3) is 33.0 Å². The Labute approximate surface area is 274 Å². The molecule has 222 valence electrons. The Hall–Kier alpha value is -4.88. The summed E-state index contributed by atoms with van der Waals surface area (Å²) < 4.78 is 23.5. The molecule has 0 saturated heterocycles. The number of hydrogen-bond donors (Lipinski definition) is 0. The standard InChI is InChI=1S/C42H30ClO2P/c1-28-21-26-34-36(27-28)38(29-22-24-31(43)25-23-29)39-35-19-11-12-20-37(35)45-41(30-13-5-2-6-14-30)40(39)42(34)46(44,32-15-7-3-8-16-32)33-17-9-4-10-18-33/h2-27,41H,1H3. The molecular formula is C42H30ClO2P. The first-order chi connectivity index (χ1) is 22.5. The van der Waals surface area contributed by atoms with E-state index in [0.29, 0.717) is 5.02 Å². The van der Waals surface area contributed by atoms with Gasteiger partial charge in [-0.25, -0.2) is 0 Å². The highest BCUT2D eigenvalue weighted by Crippen LogP contribution is 2.56.